The van der Waals surface area contributed by atoms with Gasteiger partial charge in [0.15, 0.2) is 0 Å². The number of benzene rings is 1. The van der Waals surface area contributed by atoms with E-state index in [0.717, 1.165) is 26.1 Å². The molecule has 2 amide bonds. The predicted octanol–water partition coefficient (Wildman–Crippen LogP) is 3.47. The van der Waals surface area contributed by atoms with Crippen molar-refractivity contribution in [1.29, 1.82) is 0 Å². The number of hydrogen-bond donors (Lipinski definition) is 1. The smallest absolute Gasteiger partial charge is 0.321 e. The largest absolute Gasteiger partial charge is 0.324 e. The number of nitrogens with zero attached hydrogens (tertiary/aromatic N) is 2. The van der Waals surface area contributed by atoms with E-state index in [-0.39, 0.29) is 17.5 Å². The maximum absolute atomic E-state index is 14.0. The van der Waals surface area contributed by atoms with E-state index in [1.165, 1.54) is 32.4 Å². The van der Waals surface area contributed by atoms with Crippen molar-refractivity contribution in [3.63, 3.8) is 0 Å². The molecule has 4 nitrogen and oxygen atoms in total. The highest BCUT2D eigenvalue weighted by Crippen LogP contribution is 2.22. The van der Waals surface area contributed by atoms with Gasteiger partial charge in [-0.2, -0.15) is 0 Å². The zero-order valence-electron chi connectivity index (χ0n) is 13.9. The summed E-state index contributed by atoms with van der Waals surface area (Å²) in [6.45, 7) is 6.71. The molecule has 5 heteroatoms. The molecule has 1 atom stereocenters. The molecule has 0 spiro atoms. The molecular formula is C18H26FN3O. The second-order valence-electron chi connectivity index (χ2n) is 6.83. The first-order valence-corrected chi connectivity index (χ1v) is 8.67. The highest BCUT2D eigenvalue weighted by atomic mass is 19.1. The summed E-state index contributed by atoms with van der Waals surface area (Å²) in [5.74, 6) is 0.200. The number of urea groups is 1. The predicted molar refractivity (Wildman–Crippen MR) is 90.1 cm³/mol. The third kappa shape index (κ3) is 4.02. The van der Waals surface area contributed by atoms with Crippen LogP contribution in [0, 0.1) is 18.7 Å². The van der Waals surface area contributed by atoms with Crippen molar-refractivity contribution in [3.8, 4) is 0 Å². The highest BCUT2D eigenvalue weighted by molar-refractivity contribution is 5.89. The van der Waals surface area contributed by atoms with Crippen LogP contribution >= 0.6 is 0 Å². The molecule has 1 aromatic rings. The van der Waals surface area contributed by atoms with Crippen LogP contribution in [0.15, 0.2) is 18.2 Å². The normalized spacial score (nSPS) is 22.3. The first kappa shape index (κ1) is 16.2. The first-order valence-electron chi connectivity index (χ1n) is 8.67. The lowest BCUT2D eigenvalue weighted by molar-refractivity contribution is 0.192. The zero-order chi connectivity index (χ0) is 16.2. The molecule has 1 N–H and O–H groups in total. The second kappa shape index (κ2) is 7.30. The Morgan fingerprint density at radius 3 is 2.83 bits per heavy atom. The van der Waals surface area contributed by atoms with Crippen molar-refractivity contribution < 1.29 is 9.18 Å². The van der Waals surface area contributed by atoms with Gasteiger partial charge >= 0.3 is 6.03 Å². The standard InChI is InChI=1S/C18H26FN3O/c1-14-6-5-7-16(17(14)19)20-18(23)22-11-8-15(13-22)12-21-9-3-2-4-10-21/h5-7,15H,2-4,8-13H2,1H3,(H,20,23). The van der Waals surface area contributed by atoms with Gasteiger partial charge in [-0.3, -0.25) is 0 Å². The minimum Gasteiger partial charge on any atom is -0.324 e. The maximum Gasteiger partial charge on any atom is 0.321 e. The monoisotopic (exact) mass is 319 g/mol. The molecule has 0 aliphatic carbocycles. The average molecular weight is 319 g/mol. The number of rotatable bonds is 3. The fourth-order valence-corrected chi connectivity index (χ4v) is 3.61. The molecule has 3 rings (SSSR count). The SMILES string of the molecule is Cc1cccc(NC(=O)N2CCC(CN3CCCCC3)C2)c1F. The number of carbonyl (C=O) groups is 1. The van der Waals surface area contributed by atoms with Gasteiger partial charge in [0, 0.05) is 19.6 Å². The molecule has 0 aromatic heterocycles. The van der Waals surface area contributed by atoms with Gasteiger partial charge in [-0.15, -0.1) is 0 Å². The van der Waals surface area contributed by atoms with Gasteiger partial charge in [0.05, 0.1) is 5.69 Å². The summed E-state index contributed by atoms with van der Waals surface area (Å²) in [5, 5.41) is 2.72. The minimum absolute atomic E-state index is 0.185. The highest BCUT2D eigenvalue weighted by Gasteiger charge is 2.28. The van der Waals surface area contributed by atoms with Crippen LogP contribution < -0.4 is 5.32 Å². The van der Waals surface area contributed by atoms with Crippen LogP contribution in [0.2, 0.25) is 0 Å². The van der Waals surface area contributed by atoms with E-state index in [9.17, 15) is 9.18 Å². The Hall–Kier alpha value is -1.62. The Labute approximate surface area is 137 Å². The zero-order valence-corrected chi connectivity index (χ0v) is 13.9. The van der Waals surface area contributed by atoms with Crippen LogP contribution in [0.4, 0.5) is 14.9 Å². The summed E-state index contributed by atoms with van der Waals surface area (Å²) in [5.41, 5.74) is 0.821. The van der Waals surface area contributed by atoms with Crippen molar-refractivity contribution in [3.05, 3.63) is 29.6 Å². The number of amides is 2. The van der Waals surface area contributed by atoms with E-state index in [2.05, 4.69) is 10.2 Å². The molecule has 0 bridgehead atoms. The number of halogens is 1. The molecule has 2 aliphatic rings. The second-order valence-corrected chi connectivity index (χ2v) is 6.83. The Kier molecular flexibility index (Phi) is 5.16. The van der Waals surface area contributed by atoms with E-state index in [1.54, 1.807) is 25.1 Å². The van der Waals surface area contributed by atoms with Crippen molar-refractivity contribution >= 4 is 11.7 Å². The maximum atomic E-state index is 14.0. The van der Waals surface area contributed by atoms with E-state index in [1.807, 2.05) is 4.90 Å². The van der Waals surface area contributed by atoms with Crippen LogP contribution in [0.3, 0.4) is 0 Å². The molecule has 23 heavy (non-hydrogen) atoms. The Morgan fingerprint density at radius 2 is 2.04 bits per heavy atom. The third-order valence-electron chi connectivity index (χ3n) is 4.97. The minimum atomic E-state index is -0.343. The summed E-state index contributed by atoms with van der Waals surface area (Å²) in [6, 6.07) is 4.89. The summed E-state index contributed by atoms with van der Waals surface area (Å²) in [7, 11) is 0. The summed E-state index contributed by atoms with van der Waals surface area (Å²) >= 11 is 0. The van der Waals surface area contributed by atoms with E-state index in [4.69, 9.17) is 0 Å². The molecule has 126 valence electrons. The lowest BCUT2D eigenvalue weighted by Gasteiger charge is -2.29. The topological polar surface area (TPSA) is 35.6 Å². The van der Waals surface area contributed by atoms with Gasteiger partial charge < -0.3 is 15.1 Å². The third-order valence-corrected chi connectivity index (χ3v) is 4.97. The lowest BCUT2D eigenvalue weighted by atomic mass is 10.1. The number of nitrogens with one attached hydrogen (secondary N) is 1. The summed E-state index contributed by atoms with van der Waals surface area (Å²) in [6.07, 6.45) is 4.98. The van der Waals surface area contributed by atoms with Gasteiger partial charge in [-0.1, -0.05) is 18.6 Å². The fourth-order valence-electron chi connectivity index (χ4n) is 3.61. The van der Waals surface area contributed by atoms with Gasteiger partial charge in [-0.05, 0) is 56.8 Å². The van der Waals surface area contributed by atoms with Crippen LogP contribution in [0.25, 0.3) is 0 Å². The van der Waals surface area contributed by atoms with E-state index < -0.39 is 0 Å². The summed E-state index contributed by atoms with van der Waals surface area (Å²) < 4.78 is 14.0. The lowest BCUT2D eigenvalue weighted by Crippen LogP contribution is -2.37. The average Bonchev–Trinajstić information content (AvgIpc) is 3.01. The number of hydrogen-bond acceptors (Lipinski definition) is 2. The van der Waals surface area contributed by atoms with E-state index in [0.29, 0.717) is 11.5 Å². The van der Waals surface area contributed by atoms with Gasteiger partial charge in [0.25, 0.3) is 0 Å². The summed E-state index contributed by atoms with van der Waals surface area (Å²) in [4.78, 5) is 16.7. The molecule has 0 saturated carbocycles. The van der Waals surface area contributed by atoms with Crippen molar-refractivity contribution in [1.82, 2.24) is 9.80 Å². The Morgan fingerprint density at radius 1 is 1.26 bits per heavy atom. The number of anilines is 1. The van der Waals surface area contributed by atoms with Gasteiger partial charge in [0.2, 0.25) is 0 Å². The van der Waals surface area contributed by atoms with Gasteiger partial charge in [0.1, 0.15) is 5.82 Å². The molecule has 1 unspecified atom stereocenters. The molecular weight excluding hydrogens is 293 g/mol. The molecule has 2 aliphatic heterocycles. The van der Waals surface area contributed by atoms with Gasteiger partial charge in [-0.25, -0.2) is 9.18 Å². The molecule has 2 saturated heterocycles. The molecule has 2 fully saturated rings. The van der Waals surface area contributed by atoms with Crippen LogP contribution in [-0.4, -0.2) is 48.6 Å². The van der Waals surface area contributed by atoms with Crippen LogP contribution in [-0.2, 0) is 0 Å². The Balaban J connectivity index is 1.52. The van der Waals surface area contributed by atoms with Crippen LogP contribution in [0.5, 0.6) is 0 Å². The van der Waals surface area contributed by atoms with Crippen molar-refractivity contribution in [2.75, 3.05) is 38.0 Å². The van der Waals surface area contributed by atoms with E-state index >= 15 is 0 Å². The number of likely N-dealkylation sites (tertiary alicyclic amines) is 2. The first-order chi connectivity index (χ1) is 11.1. The quantitative estimate of drug-likeness (QED) is 0.926. The van der Waals surface area contributed by atoms with Crippen molar-refractivity contribution in [2.24, 2.45) is 5.92 Å². The molecule has 1 aromatic carbocycles. The molecule has 0 radical (unpaired) electrons. The number of aryl methyl sites for hydroxylation is 1. The van der Waals surface area contributed by atoms with Crippen LogP contribution in [0.1, 0.15) is 31.2 Å². The fraction of sp³-hybridized carbons (Fsp3) is 0.611. The number of piperidine rings is 1. The van der Waals surface area contributed by atoms with Crippen molar-refractivity contribution in [2.45, 2.75) is 32.6 Å². The molecule has 2 heterocycles. The number of carbonyl (C=O) groups excluding carboxylic acids is 1. The Bertz CT molecular complexity index is 557.